The van der Waals surface area contributed by atoms with Crippen LogP contribution in [0.25, 0.3) is 0 Å². The van der Waals surface area contributed by atoms with Crippen LogP contribution in [-0.2, 0) is 0 Å². The van der Waals surface area contributed by atoms with Gasteiger partial charge in [-0.05, 0) is 49.4 Å². The van der Waals surface area contributed by atoms with Crippen LogP contribution in [0, 0.1) is 0 Å². The smallest absolute Gasteiger partial charge is 0.255 e. The van der Waals surface area contributed by atoms with Gasteiger partial charge in [0.1, 0.15) is 0 Å². The van der Waals surface area contributed by atoms with Gasteiger partial charge in [-0.15, -0.1) is 0 Å². The van der Waals surface area contributed by atoms with E-state index in [1.54, 1.807) is 24.3 Å². The predicted molar refractivity (Wildman–Crippen MR) is 87.7 cm³/mol. The number of halogens is 2. The van der Waals surface area contributed by atoms with Crippen LogP contribution in [-0.4, -0.2) is 12.5 Å². The van der Waals surface area contributed by atoms with Gasteiger partial charge in [0.2, 0.25) is 0 Å². The molecule has 3 nitrogen and oxygen atoms in total. The Kier molecular flexibility index (Phi) is 5.04. The minimum Gasteiger partial charge on any atom is -0.385 e. The molecule has 5 heteroatoms. The van der Waals surface area contributed by atoms with Gasteiger partial charge in [-0.2, -0.15) is 0 Å². The first-order valence-corrected chi connectivity index (χ1v) is 7.37. The maximum Gasteiger partial charge on any atom is 0.255 e. The van der Waals surface area contributed by atoms with Crippen LogP contribution in [0.3, 0.4) is 0 Å². The third-order valence-corrected chi connectivity index (χ3v) is 3.53. The van der Waals surface area contributed by atoms with E-state index in [4.69, 9.17) is 11.6 Å². The van der Waals surface area contributed by atoms with Gasteiger partial charge in [0.05, 0.1) is 10.7 Å². The lowest BCUT2D eigenvalue weighted by Crippen LogP contribution is -2.12. The van der Waals surface area contributed by atoms with Crippen molar-refractivity contribution in [2.75, 3.05) is 17.2 Å². The fourth-order valence-electron chi connectivity index (χ4n) is 1.73. The second kappa shape index (κ2) is 6.77. The molecule has 0 saturated carbocycles. The van der Waals surface area contributed by atoms with Crippen LogP contribution in [0.5, 0.6) is 0 Å². The number of anilines is 2. The fourth-order valence-corrected chi connectivity index (χ4v) is 2.26. The molecule has 0 aliphatic rings. The van der Waals surface area contributed by atoms with E-state index in [1.807, 2.05) is 25.1 Å². The number of nitrogens with one attached hydrogen (secondary N) is 2. The first kappa shape index (κ1) is 14.9. The Morgan fingerprint density at radius 3 is 2.55 bits per heavy atom. The van der Waals surface area contributed by atoms with Crippen molar-refractivity contribution in [1.82, 2.24) is 0 Å². The molecule has 2 rings (SSSR count). The average Bonchev–Trinajstić information content (AvgIpc) is 2.44. The van der Waals surface area contributed by atoms with E-state index in [0.717, 1.165) is 16.7 Å². The maximum absolute atomic E-state index is 12.1. The molecular weight excluding hydrogens is 340 g/mol. The van der Waals surface area contributed by atoms with Crippen LogP contribution in [0.15, 0.2) is 46.9 Å². The molecule has 0 unspecified atom stereocenters. The van der Waals surface area contributed by atoms with Crippen LogP contribution >= 0.6 is 27.5 Å². The van der Waals surface area contributed by atoms with Crippen molar-refractivity contribution < 1.29 is 4.79 Å². The number of rotatable bonds is 4. The summed E-state index contributed by atoms with van der Waals surface area (Å²) in [5, 5.41) is 6.48. The van der Waals surface area contributed by atoms with Crippen molar-refractivity contribution in [1.29, 1.82) is 0 Å². The van der Waals surface area contributed by atoms with Crippen molar-refractivity contribution in [2.24, 2.45) is 0 Å². The Bertz CT molecular complexity index is 614. The number of carbonyl (C=O) groups excluding carboxylic acids is 1. The van der Waals surface area contributed by atoms with Gasteiger partial charge in [-0.25, -0.2) is 0 Å². The van der Waals surface area contributed by atoms with E-state index in [1.165, 1.54) is 0 Å². The number of amides is 1. The summed E-state index contributed by atoms with van der Waals surface area (Å²) in [4.78, 5) is 12.1. The lowest BCUT2D eigenvalue weighted by molar-refractivity contribution is 0.102. The zero-order chi connectivity index (χ0) is 14.5. The van der Waals surface area contributed by atoms with Gasteiger partial charge in [-0.1, -0.05) is 27.5 Å². The van der Waals surface area contributed by atoms with Crippen molar-refractivity contribution in [3.63, 3.8) is 0 Å². The molecular formula is C15H14BrClN2O. The van der Waals surface area contributed by atoms with Crippen molar-refractivity contribution >= 4 is 44.8 Å². The Labute approximate surface area is 131 Å². The van der Waals surface area contributed by atoms with Crippen LogP contribution < -0.4 is 10.6 Å². The summed E-state index contributed by atoms with van der Waals surface area (Å²) < 4.78 is 0.861. The molecule has 2 aromatic rings. The van der Waals surface area contributed by atoms with E-state index in [9.17, 15) is 4.79 Å². The maximum atomic E-state index is 12.1. The summed E-state index contributed by atoms with van der Waals surface area (Å²) in [5.74, 6) is -0.187. The summed E-state index contributed by atoms with van der Waals surface area (Å²) >= 11 is 9.40. The minimum absolute atomic E-state index is 0.187. The van der Waals surface area contributed by atoms with E-state index in [2.05, 4.69) is 26.6 Å². The first-order valence-electron chi connectivity index (χ1n) is 6.20. The highest BCUT2D eigenvalue weighted by Crippen LogP contribution is 2.26. The molecule has 20 heavy (non-hydrogen) atoms. The molecule has 0 fully saturated rings. The minimum atomic E-state index is -0.187. The molecule has 0 radical (unpaired) electrons. The standard InChI is InChI=1S/C15H14BrClN2O/c1-2-18-12-6-3-10(4-7-12)15(20)19-14-9-11(16)5-8-13(14)17/h3-9,18H,2H2,1H3,(H,19,20). The van der Waals surface area contributed by atoms with E-state index < -0.39 is 0 Å². The van der Waals surface area contributed by atoms with Gasteiger partial charge < -0.3 is 10.6 Å². The largest absolute Gasteiger partial charge is 0.385 e. The molecule has 104 valence electrons. The normalized spacial score (nSPS) is 10.2. The topological polar surface area (TPSA) is 41.1 Å². The summed E-state index contributed by atoms with van der Waals surface area (Å²) in [6.07, 6.45) is 0. The Morgan fingerprint density at radius 1 is 1.20 bits per heavy atom. The van der Waals surface area contributed by atoms with E-state index in [0.29, 0.717) is 16.3 Å². The zero-order valence-corrected chi connectivity index (χ0v) is 13.3. The average molecular weight is 354 g/mol. The number of benzene rings is 2. The van der Waals surface area contributed by atoms with Gasteiger partial charge in [-0.3, -0.25) is 4.79 Å². The number of carbonyl (C=O) groups is 1. The molecule has 1 amide bonds. The summed E-state index contributed by atoms with van der Waals surface area (Å²) in [5.41, 5.74) is 2.16. The molecule has 0 saturated heterocycles. The first-order chi connectivity index (χ1) is 9.60. The van der Waals surface area contributed by atoms with Gasteiger partial charge in [0.25, 0.3) is 5.91 Å². The Hall–Kier alpha value is -1.52. The lowest BCUT2D eigenvalue weighted by atomic mass is 10.2. The second-order valence-corrected chi connectivity index (χ2v) is 5.51. The number of hydrogen-bond acceptors (Lipinski definition) is 2. The van der Waals surface area contributed by atoms with Gasteiger partial charge in [0, 0.05) is 22.3 Å². The second-order valence-electron chi connectivity index (χ2n) is 4.19. The zero-order valence-electron chi connectivity index (χ0n) is 10.9. The quantitative estimate of drug-likeness (QED) is 0.830. The van der Waals surface area contributed by atoms with Crippen molar-refractivity contribution in [3.05, 3.63) is 57.5 Å². The van der Waals surface area contributed by atoms with Gasteiger partial charge in [0.15, 0.2) is 0 Å². The highest BCUT2D eigenvalue weighted by atomic mass is 79.9. The molecule has 0 aliphatic heterocycles. The predicted octanol–water partition coefficient (Wildman–Crippen LogP) is 4.79. The lowest BCUT2D eigenvalue weighted by Gasteiger charge is -2.09. The van der Waals surface area contributed by atoms with E-state index in [-0.39, 0.29) is 5.91 Å². The van der Waals surface area contributed by atoms with Crippen LogP contribution in [0.2, 0.25) is 5.02 Å². The molecule has 0 spiro atoms. The Morgan fingerprint density at radius 2 is 1.90 bits per heavy atom. The molecule has 0 bridgehead atoms. The molecule has 0 heterocycles. The summed E-state index contributed by atoms with van der Waals surface area (Å²) in [6.45, 7) is 2.87. The number of hydrogen-bond donors (Lipinski definition) is 2. The fraction of sp³-hybridized carbons (Fsp3) is 0.133. The van der Waals surface area contributed by atoms with Crippen molar-refractivity contribution in [3.8, 4) is 0 Å². The molecule has 0 atom stereocenters. The monoisotopic (exact) mass is 352 g/mol. The molecule has 2 aromatic carbocycles. The highest BCUT2D eigenvalue weighted by molar-refractivity contribution is 9.10. The van der Waals surface area contributed by atoms with Crippen molar-refractivity contribution in [2.45, 2.75) is 6.92 Å². The van der Waals surface area contributed by atoms with Gasteiger partial charge >= 0.3 is 0 Å². The van der Waals surface area contributed by atoms with E-state index >= 15 is 0 Å². The SMILES string of the molecule is CCNc1ccc(C(=O)Nc2cc(Br)ccc2Cl)cc1. The molecule has 2 N–H and O–H groups in total. The Balaban J connectivity index is 2.13. The third kappa shape index (κ3) is 3.74. The van der Waals surface area contributed by atoms with Crippen LogP contribution in [0.4, 0.5) is 11.4 Å². The molecule has 0 aromatic heterocycles. The van der Waals surface area contributed by atoms with Crippen LogP contribution in [0.1, 0.15) is 17.3 Å². The summed E-state index contributed by atoms with van der Waals surface area (Å²) in [7, 11) is 0. The highest BCUT2D eigenvalue weighted by Gasteiger charge is 2.08. The molecule has 0 aliphatic carbocycles. The summed E-state index contributed by atoms with van der Waals surface area (Å²) in [6, 6.07) is 12.6. The third-order valence-electron chi connectivity index (χ3n) is 2.70.